The fraction of sp³-hybridized carbons (Fsp3) is 0.375. The van der Waals surface area contributed by atoms with Gasteiger partial charge in [0.05, 0.1) is 12.2 Å². The molecule has 1 atom stereocenters. The SMILES string of the molecule is CCC(C)NC(=O)c1cc(NCc2ccccn2)nc(C)n1. The van der Waals surface area contributed by atoms with Crippen LogP contribution in [0.4, 0.5) is 5.82 Å². The van der Waals surface area contributed by atoms with Crippen molar-refractivity contribution < 1.29 is 4.79 Å². The van der Waals surface area contributed by atoms with Crippen molar-refractivity contribution in [1.29, 1.82) is 0 Å². The zero-order valence-corrected chi connectivity index (χ0v) is 13.1. The van der Waals surface area contributed by atoms with Gasteiger partial charge in [-0.3, -0.25) is 9.78 Å². The van der Waals surface area contributed by atoms with Crippen molar-refractivity contribution in [3.63, 3.8) is 0 Å². The van der Waals surface area contributed by atoms with Crippen LogP contribution >= 0.6 is 0 Å². The first-order valence-corrected chi connectivity index (χ1v) is 7.38. The van der Waals surface area contributed by atoms with Crippen LogP contribution in [0.25, 0.3) is 0 Å². The Morgan fingerprint density at radius 2 is 2.14 bits per heavy atom. The van der Waals surface area contributed by atoms with Crippen LogP contribution in [0, 0.1) is 6.92 Å². The summed E-state index contributed by atoms with van der Waals surface area (Å²) in [6, 6.07) is 7.51. The molecule has 2 N–H and O–H groups in total. The van der Waals surface area contributed by atoms with Gasteiger partial charge in [0.15, 0.2) is 0 Å². The smallest absolute Gasteiger partial charge is 0.270 e. The van der Waals surface area contributed by atoms with Crippen LogP contribution in [0.3, 0.4) is 0 Å². The number of aromatic nitrogens is 3. The number of carbonyl (C=O) groups excluding carboxylic acids is 1. The van der Waals surface area contributed by atoms with Crippen LogP contribution in [-0.2, 0) is 6.54 Å². The van der Waals surface area contributed by atoms with E-state index in [-0.39, 0.29) is 11.9 Å². The second-order valence-corrected chi connectivity index (χ2v) is 5.14. The van der Waals surface area contributed by atoms with Crippen LogP contribution < -0.4 is 10.6 Å². The van der Waals surface area contributed by atoms with E-state index in [1.54, 1.807) is 19.2 Å². The molecule has 1 amide bonds. The maximum Gasteiger partial charge on any atom is 0.270 e. The van der Waals surface area contributed by atoms with E-state index >= 15 is 0 Å². The Balaban J connectivity index is 2.08. The first kappa shape index (κ1) is 15.9. The van der Waals surface area contributed by atoms with Gasteiger partial charge in [0.2, 0.25) is 0 Å². The van der Waals surface area contributed by atoms with Crippen molar-refractivity contribution in [2.75, 3.05) is 5.32 Å². The van der Waals surface area contributed by atoms with Crippen molar-refractivity contribution >= 4 is 11.7 Å². The third kappa shape index (κ3) is 4.51. The van der Waals surface area contributed by atoms with Gasteiger partial charge in [-0.25, -0.2) is 9.97 Å². The number of carbonyl (C=O) groups is 1. The number of aryl methyl sites for hydroxylation is 1. The average Bonchev–Trinajstić information content (AvgIpc) is 2.53. The second-order valence-electron chi connectivity index (χ2n) is 5.14. The van der Waals surface area contributed by atoms with Gasteiger partial charge in [-0.2, -0.15) is 0 Å². The minimum atomic E-state index is -0.180. The van der Waals surface area contributed by atoms with Crippen LogP contribution in [0.5, 0.6) is 0 Å². The molecule has 0 aliphatic heterocycles. The van der Waals surface area contributed by atoms with E-state index < -0.39 is 0 Å². The molecule has 0 saturated carbocycles. The highest BCUT2D eigenvalue weighted by molar-refractivity contribution is 5.93. The largest absolute Gasteiger partial charge is 0.364 e. The number of rotatable bonds is 6. The van der Waals surface area contributed by atoms with Crippen molar-refractivity contribution in [2.45, 2.75) is 39.8 Å². The summed E-state index contributed by atoms with van der Waals surface area (Å²) in [4.78, 5) is 24.9. The fourth-order valence-corrected chi connectivity index (χ4v) is 1.86. The summed E-state index contributed by atoms with van der Waals surface area (Å²) in [6.07, 6.45) is 2.62. The van der Waals surface area contributed by atoms with Gasteiger partial charge in [0.1, 0.15) is 17.3 Å². The lowest BCUT2D eigenvalue weighted by atomic mass is 10.2. The maximum absolute atomic E-state index is 12.2. The van der Waals surface area contributed by atoms with Crippen molar-refractivity contribution in [1.82, 2.24) is 20.3 Å². The molecule has 2 aromatic rings. The van der Waals surface area contributed by atoms with Crippen molar-refractivity contribution in [3.05, 3.63) is 47.7 Å². The van der Waals surface area contributed by atoms with E-state index in [2.05, 4.69) is 25.6 Å². The Kier molecular flexibility index (Phi) is 5.41. The molecule has 2 heterocycles. The van der Waals surface area contributed by atoms with E-state index in [0.29, 0.717) is 23.9 Å². The normalized spacial score (nSPS) is 11.8. The number of amides is 1. The minimum Gasteiger partial charge on any atom is -0.364 e. The lowest BCUT2D eigenvalue weighted by Crippen LogP contribution is -2.32. The highest BCUT2D eigenvalue weighted by Crippen LogP contribution is 2.09. The summed E-state index contributed by atoms with van der Waals surface area (Å²) in [5.74, 6) is 0.994. The van der Waals surface area contributed by atoms with E-state index in [4.69, 9.17) is 0 Å². The number of pyridine rings is 1. The summed E-state index contributed by atoms with van der Waals surface area (Å²) >= 11 is 0. The Bertz CT molecular complexity index is 630. The van der Waals surface area contributed by atoms with Crippen LogP contribution in [-0.4, -0.2) is 26.9 Å². The Morgan fingerprint density at radius 3 is 2.82 bits per heavy atom. The van der Waals surface area contributed by atoms with Gasteiger partial charge in [-0.1, -0.05) is 13.0 Å². The third-order valence-corrected chi connectivity index (χ3v) is 3.24. The molecule has 0 fully saturated rings. The van der Waals surface area contributed by atoms with Gasteiger partial charge in [0, 0.05) is 18.3 Å². The molecular weight excluding hydrogens is 278 g/mol. The van der Waals surface area contributed by atoms with Crippen LogP contribution in [0.2, 0.25) is 0 Å². The Hall–Kier alpha value is -2.50. The van der Waals surface area contributed by atoms with Gasteiger partial charge >= 0.3 is 0 Å². The highest BCUT2D eigenvalue weighted by Gasteiger charge is 2.12. The van der Waals surface area contributed by atoms with Gasteiger partial charge in [-0.15, -0.1) is 0 Å². The summed E-state index contributed by atoms with van der Waals surface area (Å²) in [5, 5.41) is 6.08. The zero-order chi connectivity index (χ0) is 15.9. The summed E-state index contributed by atoms with van der Waals surface area (Å²) < 4.78 is 0. The Morgan fingerprint density at radius 1 is 1.32 bits per heavy atom. The molecule has 0 aliphatic carbocycles. The topological polar surface area (TPSA) is 79.8 Å². The molecule has 0 radical (unpaired) electrons. The Labute approximate surface area is 130 Å². The van der Waals surface area contributed by atoms with Crippen molar-refractivity contribution in [2.24, 2.45) is 0 Å². The first-order valence-electron chi connectivity index (χ1n) is 7.38. The van der Waals surface area contributed by atoms with E-state index in [0.717, 1.165) is 12.1 Å². The van der Waals surface area contributed by atoms with Gasteiger partial charge in [-0.05, 0) is 32.4 Å². The summed E-state index contributed by atoms with van der Waals surface area (Å²) in [6.45, 7) is 6.30. The van der Waals surface area contributed by atoms with Gasteiger partial charge in [0.25, 0.3) is 5.91 Å². The number of hydrogen-bond donors (Lipinski definition) is 2. The van der Waals surface area contributed by atoms with E-state index in [1.807, 2.05) is 32.0 Å². The molecule has 22 heavy (non-hydrogen) atoms. The zero-order valence-electron chi connectivity index (χ0n) is 13.1. The van der Waals surface area contributed by atoms with Crippen LogP contribution in [0.1, 0.15) is 42.3 Å². The molecule has 0 aliphatic rings. The maximum atomic E-state index is 12.2. The standard InChI is InChI=1S/C16H21N5O/c1-4-11(2)19-16(22)14-9-15(21-12(3)20-14)18-10-13-7-5-6-8-17-13/h5-9,11H,4,10H2,1-3H3,(H,19,22)(H,18,20,21). The van der Waals surface area contributed by atoms with Crippen molar-refractivity contribution in [3.8, 4) is 0 Å². The predicted octanol–water partition coefficient (Wildman–Crippen LogP) is 2.32. The molecule has 116 valence electrons. The molecular formula is C16H21N5O. The molecule has 0 bridgehead atoms. The molecule has 6 heteroatoms. The number of hydrogen-bond acceptors (Lipinski definition) is 5. The molecule has 2 rings (SSSR count). The predicted molar refractivity (Wildman–Crippen MR) is 85.6 cm³/mol. The lowest BCUT2D eigenvalue weighted by Gasteiger charge is -2.12. The third-order valence-electron chi connectivity index (χ3n) is 3.24. The molecule has 0 spiro atoms. The highest BCUT2D eigenvalue weighted by atomic mass is 16.1. The van der Waals surface area contributed by atoms with E-state index in [1.165, 1.54) is 0 Å². The van der Waals surface area contributed by atoms with Crippen LogP contribution in [0.15, 0.2) is 30.5 Å². The second kappa shape index (κ2) is 7.49. The molecule has 6 nitrogen and oxygen atoms in total. The quantitative estimate of drug-likeness (QED) is 0.855. The molecule has 1 unspecified atom stereocenters. The minimum absolute atomic E-state index is 0.118. The van der Waals surface area contributed by atoms with Gasteiger partial charge < -0.3 is 10.6 Å². The number of nitrogens with one attached hydrogen (secondary N) is 2. The lowest BCUT2D eigenvalue weighted by molar-refractivity contribution is 0.0934. The average molecular weight is 299 g/mol. The molecule has 2 aromatic heterocycles. The summed E-state index contributed by atoms with van der Waals surface area (Å²) in [7, 11) is 0. The first-order chi connectivity index (χ1) is 10.6. The monoisotopic (exact) mass is 299 g/mol. The molecule has 0 saturated heterocycles. The number of nitrogens with zero attached hydrogens (tertiary/aromatic N) is 3. The molecule has 0 aromatic carbocycles. The number of anilines is 1. The summed E-state index contributed by atoms with van der Waals surface area (Å²) in [5.41, 5.74) is 1.28. The van der Waals surface area contributed by atoms with E-state index in [9.17, 15) is 4.79 Å². The fourth-order valence-electron chi connectivity index (χ4n) is 1.86.